The van der Waals surface area contributed by atoms with Gasteiger partial charge in [-0.05, 0) is 61.2 Å². The lowest BCUT2D eigenvalue weighted by Crippen LogP contribution is -2.40. The number of nitrogens with zero attached hydrogens (tertiary/aromatic N) is 2. The second-order valence-electron chi connectivity index (χ2n) is 7.43. The predicted octanol–water partition coefficient (Wildman–Crippen LogP) is 3.64. The Morgan fingerprint density at radius 1 is 1.07 bits per heavy atom. The SMILES string of the molecule is CON(C)S(=O)(=O)c1ccc(C(=O)N(CCc2ccc(F)cc2)C2CCCC2)cc1. The molecule has 1 fully saturated rings. The van der Waals surface area contributed by atoms with Crippen molar-refractivity contribution in [2.75, 3.05) is 20.7 Å². The summed E-state index contributed by atoms with van der Waals surface area (Å²) in [5.74, 6) is -0.398. The highest BCUT2D eigenvalue weighted by molar-refractivity contribution is 7.89. The lowest BCUT2D eigenvalue weighted by molar-refractivity contribution is -0.0258. The first-order chi connectivity index (χ1) is 14.3. The zero-order chi connectivity index (χ0) is 21.7. The number of rotatable bonds is 8. The molecular weight excluding hydrogens is 407 g/mol. The summed E-state index contributed by atoms with van der Waals surface area (Å²) < 4.78 is 38.6. The lowest BCUT2D eigenvalue weighted by atomic mass is 10.1. The smallest absolute Gasteiger partial charge is 0.264 e. The molecule has 1 amide bonds. The van der Waals surface area contributed by atoms with Gasteiger partial charge in [0.1, 0.15) is 5.82 Å². The summed E-state index contributed by atoms with van der Waals surface area (Å²) in [6.45, 7) is 0.529. The van der Waals surface area contributed by atoms with E-state index in [1.165, 1.54) is 38.4 Å². The molecule has 1 saturated carbocycles. The summed E-state index contributed by atoms with van der Waals surface area (Å²) in [6, 6.07) is 12.4. The molecule has 0 saturated heterocycles. The number of hydrogen-bond acceptors (Lipinski definition) is 4. The number of hydrogen-bond donors (Lipinski definition) is 0. The van der Waals surface area contributed by atoms with Crippen molar-refractivity contribution in [2.24, 2.45) is 0 Å². The third kappa shape index (κ3) is 5.06. The minimum absolute atomic E-state index is 0.0575. The van der Waals surface area contributed by atoms with Crippen LogP contribution >= 0.6 is 0 Å². The molecule has 1 aliphatic carbocycles. The third-order valence-electron chi connectivity index (χ3n) is 5.58. The fourth-order valence-corrected chi connectivity index (χ4v) is 4.72. The molecule has 2 aromatic carbocycles. The second-order valence-corrected chi connectivity index (χ2v) is 9.37. The van der Waals surface area contributed by atoms with Crippen LogP contribution in [0.2, 0.25) is 0 Å². The maximum Gasteiger partial charge on any atom is 0.264 e. The van der Waals surface area contributed by atoms with Crippen molar-refractivity contribution in [1.29, 1.82) is 0 Å². The van der Waals surface area contributed by atoms with Crippen molar-refractivity contribution in [3.63, 3.8) is 0 Å². The second kappa shape index (κ2) is 9.68. The molecule has 3 rings (SSSR count). The highest BCUT2D eigenvalue weighted by atomic mass is 32.2. The summed E-state index contributed by atoms with van der Waals surface area (Å²) in [6.07, 6.45) is 4.73. The first-order valence-corrected chi connectivity index (χ1v) is 11.5. The van der Waals surface area contributed by atoms with E-state index in [0.717, 1.165) is 35.7 Å². The van der Waals surface area contributed by atoms with Gasteiger partial charge in [-0.3, -0.25) is 9.63 Å². The lowest BCUT2D eigenvalue weighted by Gasteiger charge is -2.29. The van der Waals surface area contributed by atoms with Gasteiger partial charge >= 0.3 is 0 Å². The minimum atomic E-state index is -3.76. The van der Waals surface area contributed by atoms with Crippen molar-refractivity contribution in [1.82, 2.24) is 9.37 Å². The Morgan fingerprint density at radius 2 is 1.67 bits per heavy atom. The normalized spacial score (nSPS) is 14.9. The highest BCUT2D eigenvalue weighted by Gasteiger charge is 2.28. The zero-order valence-corrected chi connectivity index (χ0v) is 18.1. The van der Waals surface area contributed by atoms with Gasteiger partial charge in [-0.2, -0.15) is 0 Å². The molecule has 8 heteroatoms. The van der Waals surface area contributed by atoms with E-state index in [9.17, 15) is 17.6 Å². The highest BCUT2D eigenvalue weighted by Crippen LogP contribution is 2.26. The monoisotopic (exact) mass is 434 g/mol. The van der Waals surface area contributed by atoms with Crippen LogP contribution in [0, 0.1) is 5.82 Å². The van der Waals surface area contributed by atoms with E-state index in [2.05, 4.69) is 0 Å². The van der Waals surface area contributed by atoms with Crippen LogP contribution in [0.3, 0.4) is 0 Å². The van der Waals surface area contributed by atoms with E-state index >= 15 is 0 Å². The van der Waals surface area contributed by atoms with Crippen molar-refractivity contribution < 1.29 is 22.4 Å². The molecule has 0 heterocycles. The number of carbonyl (C=O) groups is 1. The van der Waals surface area contributed by atoms with E-state index in [1.54, 1.807) is 24.3 Å². The van der Waals surface area contributed by atoms with Crippen LogP contribution in [0.15, 0.2) is 53.4 Å². The number of carbonyl (C=O) groups excluding carboxylic acids is 1. The van der Waals surface area contributed by atoms with Crippen LogP contribution < -0.4 is 0 Å². The molecule has 0 atom stereocenters. The quantitative estimate of drug-likeness (QED) is 0.595. The molecule has 162 valence electrons. The first-order valence-electron chi connectivity index (χ1n) is 10.0. The molecule has 30 heavy (non-hydrogen) atoms. The molecule has 0 spiro atoms. The van der Waals surface area contributed by atoms with Crippen LogP contribution in [0.4, 0.5) is 4.39 Å². The summed E-state index contributed by atoms with van der Waals surface area (Å²) in [5, 5.41) is 0. The molecule has 1 aliphatic rings. The van der Waals surface area contributed by atoms with Gasteiger partial charge in [0.2, 0.25) is 0 Å². The molecule has 0 unspecified atom stereocenters. The number of sulfonamides is 1. The Bertz CT molecular complexity index is 956. The van der Waals surface area contributed by atoms with Gasteiger partial charge in [0.15, 0.2) is 0 Å². The van der Waals surface area contributed by atoms with Crippen LogP contribution in [0.5, 0.6) is 0 Å². The van der Waals surface area contributed by atoms with Crippen LogP contribution in [-0.4, -0.2) is 50.4 Å². The van der Waals surface area contributed by atoms with Gasteiger partial charge in [0.05, 0.1) is 12.0 Å². The van der Waals surface area contributed by atoms with Crippen LogP contribution in [0.25, 0.3) is 0 Å². The summed E-state index contributed by atoms with van der Waals surface area (Å²) in [5.41, 5.74) is 1.41. The Hall–Kier alpha value is -2.29. The maximum atomic E-state index is 13.2. The molecule has 0 radical (unpaired) electrons. The van der Waals surface area contributed by atoms with Gasteiger partial charge in [-0.25, -0.2) is 12.8 Å². The molecule has 6 nitrogen and oxygen atoms in total. The molecule has 0 bridgehead atoms. The summed E-state index contributed by atoms with van der Waals surface area (Å²) in [7, 11) is -1.18. The van der Waals surface area contributed by atoms with E-state index in [4.69, 9.17) is 4.84 Å². The van der Waals surface area contributed by atoms with Crippen LogP contribution in [-0.2, 0) is 21.3 Å². The first kappa shape index (κ1) is 22.4. The molecular formula is C22H27FN2O4S. The van der Waals surface area contributed by atoms with Crippen molar-refractivity contribution >= 4 is 15.9 Å². The summed E-state index contributed by atoms with van der Waals surface area (Å²) >= 11 is 0. The molecule has 0 N–H and O–H groups in total. The Kier molecular flexibility index (Phi) is 7.23. The standard InChI is InChI=1S/C22H27FN2O4S/c1-24(29-2)30(27,28)21-13-9-18(10-14-21)22(26)25(20-5-3-4-6-20)16-15-17-7-11-19(23)12-8-17/h7-14,20H,3-6,15-16H2,1-2H3. The third-order valence-corrected chi connectivity index (χ3v) is 7.27. The topological polar surface area (TPSA) is 66.9 Å². The Balaban J connectivity index is 1.77. The van der Waals surface area contributed by atoms with Crippen molar-refractivity contribution in [3.8, 4) is 0 Å². The molecule has 0 aromatic heterocycles. The van der Waals surface area contributed by atoms with E-state index < -0.39 is 10.0 Å². The van der Waals surface area contributed by atoms with E-state index in [-0.39, 0.29) is 22.7 Å². The van der Waals surface area contributed by atoms with Gasteiger partial charge < -0.3 is 4.90 Å². The average molecular weight is 435 g/mol. The van der Waals surface area contributed by atoms with Gasteiger partial charge in [0, 0.05) is 25.2 Å². The van der Waals surface area contributed by atoms with Crippen LogP contribution in [0.1, 0.15) is 41.6 Å². The average Bonchev–Trinajstić information content (AvgIpc) is 3.29. The molecule has 2 aromatic rings. The summed E-state index contributed by atoms with van der Waals surface area (Å²) in [4.78, 5) is 20.0. The van der Waals surface area contributed by atoms with Crippen molar-refractivity contribution in [3.05, 3.63) is 65.5 Å². The van der Waals surface area contributed by atoms with E-state index in [0.29, 0.717) is 18.5 Å². The van der Waals surface area contributed by atoms with Gasteiger partial charge in [-0.1, -0.05) is 29.4 Å². The van der Waals surface area contributed by atoms with Gasteiger partial charge in [-0.15, -0.1) is 0 Å². The van der Waals surface area contributed by atoms with Crippen molar-refractivity contribution in [2.45, 2.75) is 43.0 Å². The maximum absolute atomic E-state index is 13.2. The predicted molar refractivity (Wildman–Crippen MR) is 112 cm³/mol. The number of halogens is 1. The largest absolute Gasteiger partial charge is 0.335 e. The number of amides is 1. The minimum Gasteiger partial charge on any atom is -0.335 e. The fraction of sp³-hybridized carbons (Fsp3) is 0.409. The number of hydroxylamine groups is 1. The van der Waals surface area contributed by atoms with E-state index in [1.807, 2.05) is 4.90 Å². The zero-order valence-electron chi connectivity index (χ0n) is 17.3. The Morgan fingerprint density at radius 3 is 2.23 bits per heavy atom. The molecule has 0 aliphatic heterocycles. The van der Waals surface area contributed by atoms with Gasteiger partial charge in [0.25, 0.3) is 15.9 Å². The number of benzene rings is 2. The Labute approximate surface area is 177 Å². The fourth-order valence-electron chi connectivity index (χ4n) is 3.75.